The average molecular weight is 286 g/mol. The van der Waals surface area contributed by atoms with Gasteiger partial charge in [0.05, 0.1) is 10.6 Å². The molecule has 4 heteroatoms. The molecule has 0 aliphatic rings. The first-order valence-corrected chi connectivity index (χ1v) is 7.09. The van der Waals surface area contributed by atoms with Crippen LogP contribution in [0.15, 0.2) is 18.2 Å². The number of benzene rings is 1. The summed E-state index contributed by atoms with van der Waals surface area (Å²) in [7, 11) is 0. The van der Waals surface area contributed by atoms with Crippen LogP contribution < -0.4 is 10.1 Å². The highest BCUT2D eigenvalue weighted by atomic mass is 35.5. The van der Waals surface area contributed by atoms with Gasteiger partial charge in [-0.1, -0.05) is 44.5 Å². The van der Waals surface area contributed by atoms with Gasteiger partial charge in [-0.2, -0.15) is 0 Å². The molecular weight excluding hydrogens is 262 g/mol. The van der Waals surface area contributed by atoms with Gasteiger partial charge in [0.1, 0.15) is 12.4 Å². The molecule has 0 saturated heterocycles. The smallest absolute Gasteiger partial charge is 0.142 e. The van der Waals surface area contributed by atoms with E-state index in [1.165, 1.54) is 0 Å². The molecule has 3 nitrogen and oxygen atoms in total. The molecule has 1 aromatic carbocycles. The molecule has 19 heavy (non-hydrogen) atoms. The normalized spacial score (nSPS) is 14.5. The first kappa shape index (κ1) is 16.3. The number of ether oxygens (including phenoxy) is 1. The van der Waals surface area contributed by atoms with E-state index in [0.29, 0.717) is 29.8 Å². The molecule has 0 bridgehead atoms. The van der Waals surface area contributed by atoms with Gasteiger partial charge in [-0.3, -0.25) is 0 Å². The van der Waals surface area contributed by atoms with Gasteiger partial charge in [0.15, 0.2) is 0 Å². The van der Waals surface area contributed by atoms with Crippen molar-refractivity contribution in [3.8, 4) is 5.75 Å². The molecule has 0 aliphatic carbocycles. The predicted molar refractivity (Wildman–Crippen MR) is 79.8 cm³/mol. The van der Waals surface area contributed by atoms with Gasteiger partial charge in [0, 0.05) is 18.2 Å². The zero-order valence-electron chi connectivity index (χ0n) is 12.2. The van der Waals surface area contributed by atoms with Crippen molar-refractivity contribution in [2.75, 3.05) is 6.61 Å². The van der Waals surface area contributed by atoms with Crippen molar-refractivity contribution in [2.24, 2.45) is 0 Å². The lowest BCUT2D eigenvalue weighted by atomic mass is 10.1. The van der Waals surface area contributed by atoms with Crippen LogP contribution in [0.25, 0.3) is 0 Å². The molecule has 0 amide bonds. The summed E-state index contributed by atoms with van der Waals surface area (Å²) in [5, 5.41) is 13.9. The first-order valence-electron chi connectivity index (χ1n) is 6.71. The molecule has 0 radical (unpaired) electrons. The number of halogens is 1. The van der Waals surface area contributed by atoms with E-state index in [1.54, 1.807) is 13.0 Å². The summed E-state index contributed by atoms with van der Waals surface area (Å²) in [6.45, 7) is 8.80. The monoisotopic (exact) mass is 285 g/mol. The van der Waals surface area contributed by atoms with Crippen molar-refractivity contribution >= 4 is 11.6 Å². The van der Waals surface area contributed by atoms with E-state index in [0.717, 1.165) is 5.56 Å². The van der Waals surface area contributed by atoms with E-state index in [1.807, 2.05) is 19.1 Å². The van der Waals surface area contributed by atoms with E-state index >= 15 is 0 Å². The van der Waals surface area contributed by atoms with Gasteiger partial charge >= 0.3 is 0 Å². The predicted octanol–water partition coefficient (Wildman–Crippen LogP) is 3.38. The van der Waals surface area contributed by atoms with Gasteiger partial charge < -0.3 is 15.2 Å². The molecule has 2 N–H and O–H groups in total. The van der Waals surface area contributed by atoms with E-state index in [2.05, 4.69) is 19.2 Å². The Balaban J connectivity index is 2.80. The molecular formula is C15H24ClNO2. The summed E-state index contributed by atoms with van der Waals surface area (Å²) in [5.41, 5.74) is 0.176. The number of hydrogen-bond acceptors (Lipinski definition) is 3. The van der Waals surface area contributed by atoms with Crippen molar-refractivity contribution in [1.29, 1.82) is 0 Å². The highest BCUT2D eigenvalue weighted by Crippen LogP contribution is 2.29. The highest BCUT2D eigenvalue weighted by molar-refractivity contribution is 6.32. The zero-order valence-corrected chi connectivity index (χ0v) is 12.9. The molecule has 0 aromatic heterocycles. The molecule has 0 spiro atoms. The minimum atomic E-state index is -0.831. The van der Waals surface area contributed by atoms with Crippen LogP contribution in [0.3, 0.4) is 0 Å². The lowest BCUT2D eigenvalue weighted by Crippen LogP contribution is -2.31. The fourth-order valence-electron chi connectivity index (χ4n) is 1.50. The van der Waals surface area contributed by atoms with Crippen molar-refractivity contribution < 1.29 is 9.84 Å². The summed E-state index contributed by atoms with van der Waals surface area (Å²) in [6.07, 6.45) is 0.636. The molecule has 1 atom stereocenters. The average Bonchev–Trinajstić information content (AvgIpc) is 2.35. The van der Waals surface area contributed by atoms with E-state index in [-0.39, 0.29) is 6.61 Å². The van der Waals surface area contributed by atoms with Crippen molar-refractivity contribution in [1.82, 2.24) is 5.32 Å². The Hall–Kier alpha value is -0.770. The second-order valence-corrected chi connectivity index (χ2v) is 5.81. The van der Waals surface area contributed by atoms with Gasteiger partial charge in [0.2, 0.25) is 0 Å². The van der Waals surface area contributed by atoms with E-state index < -0.39 is 5.60 Å². The summed E-state index contributed by atoms with van der Waals surface area (Å²) in [4.78, 5) is 0. The van der Waals surface area contributed by atoms with Crippen molar-refractivity contribution in [2.45, 2.75) is 52.3 Å². The van der Waals surface area contributed by atoms with Crippen LogP contribution in [0.1, 0.15) is 39.7 Å². The Morgan fingerprint density at radius 1 is 1.42 bits per heavy atom. The standard InChI is InChI=1S/C15H24ClNO2/c1-5-15(4,18)10-19-14-12(9-17-11(2)3)7-6-8-13(14)16/h6-8,11,17-18H,5,9-10H2,1-4H3. The van der Waals surface area contributed by atoms with Gasteiger partial charge in [-0.15, -0.1) is 0 Å². The van der Waals surface area contributed by atoms with Crippen LogP contribution in [0, 0.1) is 0 Å². The zero-order chi connectivity index (χ0) is 14.5. The quantitative estimate of drug-likeness (QED) is 0.807. The Labute approximate surface area is 120 Å². The van der Waals surface area contributed by atoms with Crippen LogP contribution in [0.2, 0.25) is 5.02 Å². The van der Waals surface area contributed by atoms with Crippen molar-refractivity contribution in [3.63, 3.8) is 0 Å². The van der Waals surface area contributed by atoms with Crippen LogP contribution in [-0.2, 0) is 6.54 Å². The second-order valence-electron chi connectivity index (χ2n) is 5.40. The van der Waals surface area contributed by atoms with Gasteiger partial charge in [-0.25, -0.2) is 0 Å². The largest absolute Gasteiger partial charge is 0.489 e. The Kier molecular flexibility index (Phi) is 6.11. The van der Waals surface area contributed by atoms with E-state index in [9.17, 15) is 5.11 Å². The van der Waals surface area contributed by atoms with Gasteiger partial charge in [-0.05, 0) is 19.4 Å². The molecule has 0 heterocycles. The lowest BCUT2D eigenvalue weighted by Gasteiger charge is -2.23. The third-order valence-corrected chi connectivity index (χ3v) is 3.34. The van der Waals surface area contributed by atoms with Crippen LogP contribution in [0.5, 0.6) is 5.75 Å². The Bertz CT molecular complexity index is 405. The molecule has 0 fully saturated rings. The number of para-hydroxylation sites is 1. The molecule has 1 aromatic rings. The topological polar surface area (TPSA) is 41.5 Å². The second kappa shape index (κ2) is 7.13. The molecule has 1 unspecified atom stereocenters. The van der Waals surface area contributed by atoms with Crippen LogP contribution in [0.4, 0.5) is 0 Å². The minimum Gasteiger partial charge on any atom is -0.489 e. The molecule has 0 saturated carbocycles. The van der Waals surface area contributed by atoms with E-state index in [4.69, 9.17) is 16.3 Å². The highest BCUT2D eigenvalue weighted by Gasteiger charge is 2.20. The minimum absolute atomic E-state index is 0.238. The Morgan fingerprint density at radius 3 is 2.68 bits per heavy atom. The SMILES string of the molecule is CCC(C)(O)COc1c(Cl)cccc1CNC(C)C. The summed E-state index contributed by atoms with van der Waals surface area (Å²) in [6, 6.07) is 6.09. The molecule has 108 valence electrons. The number of hydrogen-bond donors (Lipinski definition) is 2. The molecule has 0 aliphatic heterocycles. The molecule has 1 rings (SSSR count). The summed E-state index contributed by atoms with van der Waals surface area (Å²) in [5.74, 6) is 0.658. The van der Waals surface area contributed by atoms with Crippen LogP contribution >= 0.6 is 11.6 Å². The Morgan fingerprint density at radius 2 is 2.11 bits per heavy atom. The third-order valence-electron chi connectivity index (χ3n) is 3.04. The number of rotatable bonds is 7. The fraction of sp³-hybridized carbons (Fsp3) is 0.600. The first-order chi connectivity index (χ1) is 8.85. The van der Waals surface area contributed by atoms with Gasteiger partial charge in [0.25, 0.3) is 0 Å². The third kappa shape index (κ3) is 5.39. The van der Waals surface area contributed by atoms with Crippen LogP contribution in [-0.4, -0.2) is 23.4 Å². The summed E-state index contributed by atoms with van der Waals surface area (Å²) < 4.78 is 5.73. The number of nitrogens with one attached hydrogen (secondary N) is 1. The summed E-state index contributed by atoms with van der Waals surface area (Å²) >= 11 is 6.18. The lowest BCUT2D eigenvalue weighted by molar-refractivity contribution is 0.00819. The maximum absolute atomic E-state index is 10.0. The fourth-order valence-corrected chi connectivity index (χ4v) is 1.75. The van der Waals surface area contributed by atoms with Crippen molar-refractivity contribution in [3.05, 3.63) is 28.8 Å². The maximum atomic E-state index is 10.0. The maximum Gasteiger partial charge on any atom is 0.142 e. The number of aliphatic hydroxyl groups is 1.